The highest BCUT2D eigenvalue weighted by molar-refractivity contribution is 5.94. The molecule has 146 valence electrons. The molecule has 8 nitrogen and oxygen atoms in total. The average molecular weight is 389 g/mol. The van der Waals surface area contributed by atoms with E-state index in [4.69, 9.17) is 14.7 Å². The van der Waals surface area contributed by atoms with Crippen LogP contribution in [-0.2, 0) is 7.05 Å². The molecule has 0 spiro atoms. The van der Waals surface area contributed by atoms with Crippen LogP contribution in [0.15, 0.2) is 48.7 Å². The van der Waals surface area contributed by atoms with Crippen molar-refractivity contribution in [3.63, 3.8) is 0 Å². The van der Waals surface area contributed by atoms with E-state index in [0.717, 1.165) is 5.56 Å². The molecule has 1 aliphatic heterocycles. The second-order valence-corrected chi connectivity index (χ2v) is 6.69. The predicted octanol–water partition coefficient (Wildman–Crippen LogP) is 2.27. The Kier molecular flexibility index (Phi) is 4.87. The van der Waals surface area contributed by atoms with Crippen LogP contribution in [-0.4, -0.2) is 51.9 Å². The maximum absolute atomic E-state index is 12.9. The molecule has 1 amide bonds. The number of methoxy groups -OCH3 is 1. The van der Waals surface area contributed by atoms with Gasteiger partial charge in [-0.15, -0.1) is 0 Å². The van der Waals surface area contributed by atoms with Crippen LogP contribution < -0.4 is 9.47 Å². The molecule has 0 radical (unpaired) electrons. The summed E-state index contributed by atoms with van der Waals surface area (Å²) in [5, 5.41) is 13.3. The molecular weight excluding hydrogens is 370 g/mol. The van der Waals surface area contributed by atoms with E-state index in [-0.39, 0.29) is 12.0 Å². The van der Waals surface area contributed by atoms with E-state index in [1.165, 1.54) is 6.20 Å². The largest absolute Gasteiger partial charge is 0.496 e. The Hall–Kier alpha value is -3.86. The number of amides is 1. The van der Waals surface area contributed by atoms with E-state index in [1.54, 1.807) is 41.9 Å². The molecule has 0 bridgehead atoms. The number of rotatable bonds is 5. The Morgan fingerprint density at radius 2 is 2.03 bits per heavy atom. The van der Waals surface area contributed by atoms with Crippen LogP contribution in [0.2, 0.25) is 0 Å². The van der Waals surface area contributed by atoms with Crippen molar-refractivity contribution < 1.29 is 14.3 Å². The number of likely N-dealkylation sites (tertiary alicyclic amines) is 1. The van der Waals surface area contributed by atoms with E-state index in [1.807, 2.05) is 30.3 Å². The monoisotopic (exact) mass is 389 g/mol. The number of hydrogen-bond acceptors (Lipinski definition) is 6. The van der Waals surface area contributed by atoms with Gasteiger partial charge in [0.05, 0.1) is 31.5 Å². The van der Waals surface area contributed by atoms with Gasteiger partial charge in [-0.25, -0.2) is 4.98 Å². The number of ether oxygens (including phenoxy) is 2. The lowest BCUT2D eigenvalue weighted by Gasteiger charge is -2.38. The number of carbonyl (C=O) groups is 1. The summed E-state index contributed by atoms with van der Waals surface area (Å²) in [5.41, 5.74) is 2.50. The molecule has 0 saturated carbocycles. The van der Waals surface area contributed by atoms with Crippen molar-refractivity contribution >= 4 is 5.91 Å². The van der Waals surface area contributed by atoms with E-state index >= 15 is 0 Å². The molecule has 1 fully saturated rings. The predicted molar refractivity (Wildman–Crippen MR) is 104 cm³/mol. The van der Waals surface area contributed by atoms with E-state index in [0.29, 0.717) is 41.7 Å². The summed E-state index contributed by atoms with van der Waals surface area (Å²) < 4.78 is 12.7. The van der Waals surface area contributed by atoms with Crippen molar-refractivity contribution in [1.82, 2.24) is 19.7 Å². The Bertz CT molecular complexity index is 1080. The molecular formula is C21H19N5O3. The van der Waals surface area contributed by atoms with E-state index < -0.39 is 0 Å². The Balaban J connectivity index is 1.42. The van der Waals surface area contributed by atoms with Gasteiger partial charge in [0.15, 0.2) is 0 Å². The van der Waals surface area contributed by atoms with Gasteiger partial charge in [-0.05, 0) is 24.3 Å². The van der Waals surface area contributed by atoms with Crippen molar-refractivity contribution in [2.24, 2.45) is 7.05 Å². The number of carbonyl (C=O) groups excluding carboxylic acids is 1. The van der Waals surface area contributed by atoms with Gasteiger partial charge in [0, 0.05) is 24.9 Å². The molecule has 8 heteroatoms. The zero-order chi connectivity index (χ0) is 20.4. The van der Waals surface area contributed by atoms with Crippen LogP contribution >= 0.6 is 0 Å². The van der Waals surface area contributed by atoms with Crippen LogP contribution in [0.5, 0.6) is 11.6 Å². The summed E-state index contributed by atoms with van der Waals surface area (Å²) >= 11 is 0. The summed E-state index contributed by atoms with van der Waals surface area (Å²) in [6.45, 7) is 0.936. The lowest BCUT2D eigenvalue weighted by Crippen LogP contribution is -2.56. The molecule has 0 unspecified atom stereocenters. The third kappa shape index (κ3) is 3.62. The number of benzene rings is 1. The highest BCUT2D eigenvalue weighted by Gasteiger charge is 2.34. The number of para-hydroxylation sites is 1. The molecule has 1 aliphatic rings. The van der Waals surface area contributed by atoms with Crippen molar-refractivity contribution in [3.8, 4) is 29.0 Å². The van der Waals surface area contributed by atoms with Gasteiger partial charge in [-0.3, -0.25) is 9.48 Å². The highest BCUT2D eigenvalue weighted by Crippen LogP contribution is 2.29. The highest BCUT2D eigenvalue weighted by atomic mass is 16.5. The molecule has 29 heavy (non-hydrogen) atoms. The van der Waals surface area contributed by atoms with E-state index in [2.05, 4.69) is 10.1 Å². The van der Waals surface area contributed by atoms with Crippen LogP contribution in [0.4, 0.5) is 0 Å². The molecule has 1 saturated heterocycles. The van der Waals surface area contributed by atoms with Crippen molar-refractivity contribution in [3.05, 3.63) is 59.9 Å². The van der Waals surface area contributed by atoms with Gasteiger partial charge in [-0.2, -0.15) is 10.4 Å². The summed E-state index contributed by atoms with van der Waals surface area (Å²) in [4.78, 5) is 18.7. The topological polar surface area (TPSA) is 93.3 Å². The van der Waals surface area contributed by atoms with Gasteiger partial charge >= 0.3 is 0 Å². The zero-order valence-corrected chi connectivity index (χ0v) is 16.1. The summed E-state index contributed by atoms with van der Waals surface area (Å²) in [6.07, 6.45) is 1.34. The fraction of sp³-hybridized carbons (Fsp3) is 0.238. The third-order valence-corrected chi connectivity index (χ3v) is 4.77. The number of aryl methyl sites for hydroxylation is 1. The second kappa shape index (κ2) is 7.64. The fourth-order valence-electron chi connectivity index (χ4n) is 3.18. The van der Waals surface area contributed by atoms with Crippen LogP contribution in [0.1, 0.15) is 16.1 Å². The standard InChI is InChI=1S/C21H19N5O3/c1-25-18(9-17(24-25)16-5-3-4-6-19(16)28-2)21(27)26-12-15(13-26)29-20-8-7-14(10-22)11-23-20/h3-9,11,15H,12-13H2,1-2H3. The summed E-state index contributed by atoms with van der Waals surface area (Å²) in [5.74, 6) is 1.05. The zero-order valence-electron chi connectivity index (χ0n) is 16.1. The maximum atomic E-state index is 12.9. The minimum atomic E-state index is -0.124. The van der Waals surface area contributed by atoms with E-state index in [9.17, 15) is 4.79 Å². The Labute approximate surface area is 167 Å². The van der Waals surface area contributed by atoms with Crippen molar-refractivity contribution in [2.75, 3.05) is 20.2 Å². The lowest BCUT2D eigenvalue weighted by atomic mass is 10.1. The van der Waals surface area contributed by atoms with Crippen LogP contribution in [0.25, 0.3) is 11.3 Å². The lowest BCUT2D eigenvalue weighted by molar-refractivity contribution is 0.0152. The first-order chi connectivity index (χ1) is 14.1. The number of nitriles is 1. The van der Waals surface area contributed by atoms with Gasteiger partial charge in [0.1, 0.15) is 23.6 Å². The minimum absolute atomic E-state index is 0.103. The van der Waals surface area contributed by atoms with Gasteiger partial charge < -0.3 is 14.4 Å². The molecule has 1 aromatic carbocycles. The molecule has 3 aromatic rings. The third-order valence-electron chi connectivity index (χ3n) is 4.77. The molecule has 0 atom stereocenters. The Morgan fingerprint density at radius 3 is 2.72 bits per heavy atom. The van der Waals surface area contributed by atoms with Gasteiger partial charge in [-0.1, -0.05) is 12.1 Å². The Morgan fingerprint density at radius 1 is 1.24 bits per heavy atom. The fourth-order valence-corrected chi connectivity index (χ4v) is 3.18. The normalized spacial score (nSPS) is 13.5. The van der Waals surface area contributed by atoms with Crippen molar-refractivity contribution in [1.29, 1.82) is 5.26 Å². The molecule has 0 aliphatic carbocycles. The first kappa shape index (κ1) is 18.5. The SMILES string of the molecule is COc1ccccc1-c1cc(C(=O)N2CC(Oc3ccc(C#N)cn3)C2)n(C)n1. The van der Waals surface area contributed by atoms with Crippen LogP contribution in [0.3, 0.4) is 0 Å². The quantitative estimate of drug-likeness (QED) is 0.665. The molecule has 0 N–H and O–H groups in total. The molecule has 4 rings (SSSR count). The number of nitrogens with zero attached hydrogens (tertiary/aromatic N) is 5. The smallest absolute Gasteiger partial charge is 0.272 e. The van der Waals surface area contributed by atoms with Gasteiger partial charge in [0.25, 0.3) is 5.91 Å². The minimum Gasteiger partial charge on any atom is -0.496 e. The molecule has 2 aromatic heterocycles. The summed E-state index contributed by atoms with van der Waals surface area (Å²) in [7, 11) is 3.36. The van der Waals surface area contributed by atoms with Crippen LogP contribution in [0, 0.1) is 11.3 Å². The number of aromatic nitrogens is 3. The summed E-state index contributed by atoms with van der Waals surface area (Å²) in [6, 6.07) is 14.7. The number of hydrogen-bond donors (Lipinski definition) is 0. The first-order valence-corrected chi connectivity index (χ1v) is 9.08. The number of pyridine rings is 1. The maximum Gasteiger partial charge on any atom is 0.272 e. The average Bonchev–Trinajstić information content (AvgIpc) is 3.11. The van der Waals surface area contributed by atoms with Crippen molar-refractivity contribution in [2.45, 2.75) is 6.10 Å². The molecule has 3 heterocycles. The second-order valence-electron chi connectivity index (χ2n) is 6.69. The van der Waals surface area contributed by atoms with Gasteiger partial charge in [0.2, 0.25) is 5.88 Å². The first-order valence-electron chi connectivity index (χ1n) is 9.08.